The normalized spacial score (nSPS) is 16.8. The fourth-order valence-corrected chi connectivity index (χ4v) is 4.51. The van der Waals surface area contributed by atoms with E-state index in [9.17, 15) is 30.0 Å². The molecular formula is C17H14ClF3O7S2. The summed E-state index contributed by atoms with van der Waals surface area (Å²) < 4.78 is 99.9. The molecule has 0 radical (unpaired) electrons. The lowest BCUT2D eigenvalue weighted by Crippen LogP contribution is -2.28. The molecule has 0 aromatic heterocycles. The van der Waals surface area contributed by atoms with Crippen LogP contribution in [0.3, 0.4) is 0 Å². The van der Waals surface area contributed by atoms with Crippen LogP contribution in [0, 0.1) is 6.92 Å². The van der Waals surface area contributed by atoms with Gasteiger partial charge in [-0.1, -0.05) is 29.3 Å². The first-order valence-electron chi connectivity index (χ1n) is 8.16. The van der Waals surface area contributed by atoms with Crippen LogP contribution < -0.4 is 8.92 Å². The summed E-state index contributed by atoms with van der Waals surface area (Å²) in [4.78, 5) is -0.190. The van der Waals surface area contributed by atoms with Gasteiger partial charge in [-0.15, -0.1) is 0 Å². The lowest BCUT2D eigenvalue weighted by Gasteiger charge is -2.17. The van der Waals surface area contributed by atoms with Crippen LogP contribution in [-0.4, -0.2) is 29.5 Å². The van der Waals surface area contributed by atoms with Gasteiger partial charge in [0.05, 0.1) is 7.11 Å². The summed E-state index contributed by atoms with van der Waals surface area (Å²) in [7, 11) is -9.10. The molecule has 0 saturated heterocycles. The first kappa shape index (κ1) is 22.7. The van der Waals surface area contributed by atoms with Crippen molar-refractivity contribution in [2.24, 2.45) is 0 Å². The molecule has 0 fully saturated rings. The van der Waals surface area contributed by atoms with E-state index in [1.807, 2.05) is 0 Å². The summed E-state index contributed by atoms with van der Waals surface area (Å²) in [5.74, 6) is -1.03. The number of ether oxygens (including phenoxy) is 1. The van der Waals surface area contributed by atoms with Gasteiger partial charge < -0.3 is 8.92 Å². The van der Waals surface area contributed by atoms with Gasteiger partial charge in [-0.05, 0) is 19.1 Å². The zero-order valence-corrected chi connectivity index (χ0v) is 17.7. The molecule has 0 amide bonds. The Bertz CT molecular complexity index is 1210. The third kappa shape index (κ3) is 4.22. The van der Waals surface area contributed by atoms with Crippen molar-refractivity contribution < 1.29 is 43.1 Å². The number of fused-ring (bicyclic) bond motifs is 1. The molecule has 3 rings (SSSR count). The van der Waals surface area contributed by atoms with Crippen LogP contribution >= 0.6 is 11.6 Å². The standard InChI is InChI=1S/C17H14ClF3O7S2/c1-9-3-4-15(29(22,23)26-2)12(5-9)13-7-10-6-11(18)8-14(16(10)27-13)28-30(24,25)17(19,20)21/h3-6,8,13H,7H2,1-2H3. The van der Waals surface area contributed by atoms with E-state index in [4.69, 9.17) is 16.3 Å². The average Bonchev–Trinajstić information content (AvgIpc) is 3.04. The lowest BCUT2D eigenvalue weighted by molar-refractivity contribution is -0.0500. The summed E-state index contributed by atoms with van der Waals surface area (Å²) in [6.45, 7) is 1.70. The highest BCUT2D eigenvalue weighted by Gasteiger charge is 2.49. The van der Waals surface area contributed by atoms with Crippen LogP contribution in [-0.2, 0) is 30.8 Å². The minimum absolute atomic E-state index is 0.00794. The van der Waals surface area contributed by atoms with Gasteiger partial charge in [0, 0.05) is 28.6 Å². The van der Waals surface area contributed by atoms with Crippen molar-refractivity contribution in [2.75, 3.05) is 7.11 Å². The number of hydrogen-bond donors (Lipinski definition) is 0. The second kappa shape index (κ2) is 7.59. The van der Waals surface area contributed by atoms with Gasteiger partial charge in [-0.2, -0.15) is 30.0 Å². The minimum atomic E-state index is -5.97. The fraction of sp³-hybridized carbons (Fsp3) is 0.294. The smallest absolute Gasteiger partial charge is 0.481 e. The molecule has 1 aliphatic heterocycles. The Morgan fingerprint density at radius 2 is 1.80 bits per heavy atom. The highest BCUT2D eigenvalue weighted by atomic mass is 35.5. The van der Waals surface area contributed by atoms with E-state index in [0.29, 0.717) is 5.56 Å². The average molecular weight is 487 g/mol. The van der Waals surface area contributed by atoms with Crippen molar-refractivity contribution in [3.8, 4) is 11.5 Å². The number of alkyl halides is 3. The van der Waals surface area contributed by atoms with Crippen LogP contribution in [0.1, 0.15) is 22.8 Å². The quantitative estimate of drug-likeness (QED) is 0.467. The Morgan fingerprint density at radius 3 is 2.40 bits per heavy atom. The van der Waals surface area contributed by atoms with Crippen molar-refractivity contribution in [3.05, 3.63) is 52.0 Å². The number of hydrogen-bond acceptors (Lipinski definition) is 7. The molecule has 1 aliphatic rings. The van der Waals surface area contributed by atoms with Crippen LogP contribution in [0.4, 0.5) is 13.2 Å². The third-order valence-corrected chi connectivity index (χ3v) is 6.78. The van der Waals surface area contributed by atoms with E-state index in [2.05, 4.69) is 8.37 Å². The molecule has 1 heterocycles. The van der Waals surface area contributed by atoms with Crippen molar-refractivity contribution in [3.63, 3.8) is 0 Å². The van der Waals surface area contributed by atoms with Crippen LogP contribution in [0.25, 0.3) is 0 Å². The molecule has 13 heteroatoms. The van der Waals surface area contributed by atoms with E-state index in [0.717, 1.165) is 13.2 Å². The molecule has 0 spiro atoms. The van der Waals surface area contributed by atoms with Gasteiger partial charge in [-0.3, -0.25) is 4.18 Å². The summed E-state index contributed by atoms with van der Waals surface area (Å²) >= 11 is 5.89. The van der Waals surface area contributed by atoms with Crippen LogP contribution in [0.2, 0.25) is 5.02 Å². The van der Waals surface area contributed by atoms with Crippen molar-refractivity contribution >= 4 is 31.8 Å². The van der Waals surface area contributed by atoms with Gasteiger partial charge in [0.2, 0.25) is 0 Å². The molecule has 0 aliphatic carbocycles. The predicted octanol–water partition coefficient (Wildman–Crippen LogP) is 3.89. The molecule has 2 aromatic carbocycles. The molecule has 1 unspecified atom stereocenters. The summed E-state index contributed by atoms with van der Waals surface area (Å²) in [6, 6.07) is 6.61. The zero-order valence-electron chi connectivity index (χ0n) is 15.4. The first-order valence-corrected chi connectivity index (χ1v) is 11.4. The van der Waals surface area contributed by atoms with Crippen molar-refractivity contribution in [1.29, 1.82) is 0 Å². The molecule has 0 N–H and O–H groups in total. The molecule has 164 valence electrons. The Hall–Kier alpha value is -2.02. The number of rotatable bonds is 5. The van der Waals surface area contributed by atoms with E-state index < -0.39 is 37.6 Å². The lowest BCUT2D eigenvalue weighted by atomic mass is 10.0. The van der Waals surface area contributed by atoms with E-state index in [-0.39, 0.29) is 33.2 Å². The molecule has 7 nitrogen and oxygen atoms in total. The van der Waals surface area contributed by atoms with Crippen LogP contribution in [0.15, 0.2) is 35.2 Å². The van der Waals surface area contributed by atoms with E-state index >= 15 is 0 Å². The second-order valence-electron chi connectivity index (χ2n) is 6.35. The molecule has 1 atom stereocenters. The SMILES string of the molecule is COS(=O)(=O)c1ccc(C)cc1C1Cc2cc(Cl)cc(OS(=O)(=O)C(F)(F)F)c2O1. The zero-order chi connectivity index (χ0) is 22.5. The summed E-state index contributed by atoms with van der Waals surface area (Å²) in [6.07, 6.45) is -0.956. The van der Waals surface area contributed by atoms with Crippen molar-refractivity contribution in [1.82, 2.24) is 0 Å². The highest BCUT2D eigenvalue weighted by Crippen LogP contribution is 2.47. The summed E-state index contributed by atoms with van der Waals surface area (Å²) in [5, 5.41) is -0.0839. The molecule has 2 aromatic rings. The number of halogens is 4. The molecule has 30 heavy (non-hydrogen) atoms. The maximum absolute atomic E-state index is 12.7. The maximum atomic E-state index is 12.7. The molecule has 0 bridgehead atoms. The largest absolute Gasteiger partial charge is 0.534 e. The Balaban J connectivity index is 2.06. The van der Waals surface area contributed by atoms with E-state index in [1.54, 1.807) is 13.0 Å². The Morgan fingerprint density at radius 1 is 1.13 bits per heavy atom. The molecular weight excluding hydrogens is 473 g/mol. The summed E-state index contributed by atoms with van der Waals surface area (Å²) in [5.41, 5.74) is -4.53. The Labute approximate surface area is 175 Å². The monoisotopic (exact) mass is 486 g/mol. The molecule has 0 saturated carbocycles. The van der Waals surface area contributed by atoms with Gasteiger partial charge >= 0.3 is 15.6 Å². The fourth-order valence-electron chi connectivity index (χ4n) is 2.93. The number of aryl methyl sites for hydroxylation is 1. The maximum Gasteiger partial charge on any atom is 0.534 e. The minimum Gasteiger partial charge on any atom is -0.481 e. The van der Waals surface area contributed by atoms with Gasteiger partial charge in [-0.25, -0.2) is 0 Å². The van der Waals surface area contributed by atoms with Crippen molar-refractivity contribution in [2.45, 2.75) is 29.9 Å². The second-order valence-corrected chi connectivity index (χ2v) is 10.0. The first-order chi connectivity index (χ1) is 13.7. The Kier molecular flexibility index (Phi) is 5.73. The van der Waals surface area contributed by atoms with Gasteiger partial charge in [0.25, 0.3) is 10.1 Å². The topological polar surface area (TPSA) is 96.0 Å². The number of benzene rings is 2. The van der Waals surface area contributed by atoms with Gasteiger partial charge in [0.15, 0.2) is 11.5 Å². The van der Waals surface area contributed by atoms with Gasteiger partial charge in [0.1, 0.15) is 11.0 Å². The van der Waals surface area contributed by atoms with E-state index in [1.165, 1.54) is 18.2 Å². The predicted molar refractivity (Wildman–Crippen MR) is 99.5 cm³/mol. The third-order valence-electron chi connectivity index (χ3n) is 4.25. The van der Waals surface area contributed by atoms with Crippen LogP contribution in [0.5, 0.6) is 11.5 Å². The highest BCUT2D eigenvalue weighted by molar-refractivity contribution is 7.88.